The van der Waals surface area contributed by atoms with E-state index in [1.807, 2.05) is 12.3 Å². The van der Waals surface area contributed by atoms with Crippen molar-refractivity contribution in [2.75, 3.05) is 5.73 Å². The van der Waals surface area contributed by atoms with Gasteiger partial charge >= 0.3 is 0 Å². The molecule has 4 N–H and O–H groups in total. The van der Waals surface area contributed by atoms with E-state index in [1.54, 1.807) is 0 Å². The summed E-state index contributed by atoms with van der Waals surface area (Å²) in [5.74, 6) is 6.67. The summed E-state index contributed by atoms with van der Waals surface area (Å²) in [7, 11) is 0. The third kappa shape index (κ3) is 3.04. The SMILES string of the molecule is Nc1ncc2c(n1)-c1c([nH]c3ccc(C#CC4(O)CCCCC4)cc13)CCC2. The normalized spacial score (nSPS) is 17.9. The fraction of sp³-hybridized carbons (Fsp3) is 0.391. The van der Waals surface area contributed by atoms with Gasteiger partial charge in [-0.25, -0.2) is 9.97 Å². The summed E-state index contributed by atoms with van der Waals surface area (Å²) in [6.45, 7) is 0. The van der Waals surface area contributed by atoms with E-state index in [4.69, 9.17) is 5.73 Å². The van der Waals surface area contributed by atoms with E-state index >= 15 is 0 Å². The lowest BCUT2D eigenvalue weighted by Gasteiger charge is -2.26. The molecule has 2 aromatic heterocycles. The fourth-order valence-corrected chi connectivity index (χ4v) is 4.51. The zero-order valence-electron chi connectivity index (χ0n) is 15.9. The first-order chi connectivity index (χ1) is 13.6. The molecule has 0 aliphatic heterocycles. The number of rotatable bonds is 0. The molecule has 0 radical (unpaired) electrons. The Bertz CT molecular complexity index is 1110. The van der Waals surface area contributed by atoms with Crippen LogP contribution in [0.15, 0.2) is 24.4 Å². The first-order valence-corrected chi connectivity index (χ1v) is 10.1. The van der Waals surface area contributed by atoms with Gasteiger partial charge < -0.3 is 15.8 Å². The molecule has 0 unspecified atom stereocenters. The Hall–Kier alpha value is -2.84. The van der Waals surface area contributed by atoms with Crippen LogP contribution in [0.3, 0.4) is 0 Å². The van der Waals surface area contributed by atoms with Crippen molar-refractivity contribution in [3.63, 3.8) is 0 Å². The number of aromatic amines is 1. The van der Waals surface area contributed by atoms with Crippen molar-refractivity contribution in [2.45, 2.75) is 57.0 Å². The minimum atomic E-state index is -0.837. The number of benzene rings is 1. The minimum absolute atomic E-state index is 0.302. The van der Waals surface area contributed by atoms with Crippen LogP contribution in [0.1, 0.15) is 55.3 Å². The summed E-state index contributed by atoms with van der Waals surface area (Å²) < 4.78 is 0. The number of aryl methyl sites for hydroxylation is 2. The van der Waals surface area contributed by atoms with E-state index in [-0.39, 0.29) is 0 Å². The Morgan fingerprint density at radius 3 is 2.82 bits per heavy atom. The van der Waals surface area contributed by atoms with Crippen LogP contribution in [0.5, 0.6) is 0 Å². The third-order valence-corrected chi connectivity index (χ3v) is 5.99. The summed E-state index contributed by atoms with van der Waals surface area (Å²) in [5, 5.41) is 11.8. The first kappa shape index (κ1) is 17.3. The van der Waals surface area contributed by atoms with Crippen molar-refractivity contribution in [3.8, 4) is 23.1 Å². The van der Waals surface area contributed by atoms with Crippen LogP contribution in [-0.2, 0) is 12.8 Å². The number of nitrogens with zero attached hydrogens (tertiary/aromatic N) is 2. The van der Waals surface area contributed by atoms with Crippen LogP contribution in [0.25, 0.3) is 22.2 Å². The molecule has 2 aliphatic rings. The Kier molecular flexibility index (Phi) is 4.10. The molecule has 5 nitrogen and oxygen atoms in total. The lowest BCUT2D eigenvalue weighted by Crippen LogP contribution is -2.29. The van der Waals surface area contributed by atoms with E-state index < -0.39 is 5.60 Å². The third-order valence-electron chi connectivity index (χ3n) is 5.99. The largest absolute Gasteiger partial charge is 0.378 e. The quantitative estimate of drug-likeness (QED) is 0.525. The van der Waals surface area contributed by atoms with E-state index in [1.165, 1.54) is 12.1 Å². The average Bonchev–Trinajstić information content (AvgIpc) is 2.96. The molecule has 3 aromatic rings. The van der Waals surface area contributed by atoms with Crippen molar-refractivity contribution >= 4 is 16.9 Å². The van der Waals surface area contributed by atoms with Gasteiger partial charge in [-0.3, -0.25) is 0 Å². The molecule has 142 valence electrons. The van der Waals surface area contributed by atoms with E-state index in [0.29, 0.717) is 5.95 Å². The second-order valence-electron chi connectivity index (χ2n) is 8.04. The van der Waals surface area contributed by atoms with Gasteiger partial charge in [-0.15, -0.1) is 0 Å². The van der Waals surface area contributed by atoms with Crippen molar-refractivity contribution in [3.05, 3.63) is 41.2 Å². The van der Waals surface area contributed by atoms with Gasteiger partial charge in [0.25, 0.3) is 0 Å². The van der Waals surface area contributed by atoms with Gasteiger partial charge in [0.1, 0.15) is 5.60 Å². The van der Waals surface area contributed by atoms with Gasteiger partial charge in [-0.05, 0) is 68.7 Å². The summed E-state index contributed by atoms with van der Waals surface area (Å²) in [6, 6.07) is 6.20. The molecule has 0 atom stereocenters. The summed E-state index contributed by atoms with van der Waals surface area (Å²) in [6.07, 6.45) is 9.66. The summed E-state index contributed by atoms with van der Waals surface area (Å²) in [4.78, 5) is 12.3. The number of nitrogen functional groups attached to an aromatic ring is 1. The van der Waals surface area contributed by atoms with Gasteiger partial charge in [0.15, 0.2) is 0 Å². The molecule has 5 heteroatoms. The molecule has 1 aromatic carbocycles. The molecule has 28 heavy (non-hydrogen) atoms. The molecule has 2 heterocycles. The average molecular weight is 372 g/mol. The highest BCUT2D eigenvalue weighted by molar-refractivity contribution is 5.98. The molecular formula is C23H24N4O. The van der Waals surface area contributed by atoms with Crippen LogP contribution in [0, 0.1) is 11.8 Å². The smallest absolute Gasteiger partial charge is 0.220 e. The zero-order valence-corrected chi connectivity index (χ0v) is 15.9. The number of aliphatic hydroxyl groups is 1. The van der Waals surface area contributed by atoms with Gasteiger partial charge in [0.05, 0.1) is 5.69 Å². The highest BCUT2D eigenvalue weighted by atomic mass is 16.3. The standard InChI is InChI=1S/C23H24N4O/c24-22-25-14-16-5-4-6-19-20(21(16)27-22)17-13-15(7-8-18(17)26-19)9-12-23(28)10-2-1-3-11-23/h7-8,13-14,26,28H,1-6,10-11H2,(H2,24,25,27). The van der Waals surface area contributed by atoms with E-state index in [2.05, 4.69) is 38.9 Å². The number of hydrogen-bond donors (Lipinski definition) is 3. The number of aromatic nitrogens is 3. The van der Waals surface area contributed by atoms with Gasteiger partial charge in [0, 0.05) is 33.9 Å². The predicted octanol–water partition coefficient (Wildman–Crippen LogP) is 3.74. The van der Waals surface area contributed by atoms with Crippen molar-refractivity contribution in [2.24, 2.45) is 0 Å². The number of nitrogens with two attached hydrogens (primary N) is 1. The maximum Gasteiger partial charge on any atom is 0.220 e. The maximum absolute atomic E-state index is 10.7. The second kappa shape index (κ2) is 6.65. The molecule has 0 bridgehead atoms. The molecule has 1 fully saturated rings. The Morgan fingerprint density at radius 2 is 1.96 bits per heavy atom. The summed E-state index contributed by atoms with van der Waals surface area (Å²) in [5.41, 5.74) is 11.4. The fourth-order valence-electron chi connectivity index (χ4n) is 4.51. The number of fused-ring (bicyclic) bond motifs is 5. The lowest BCUT2D eigenvalue weighted by molar-refractivity contribution is 0.0610. The van der Waals surface area contributed by atoms with E-state index in [0.717, 1.165) is 78.2 Å². The van der Waals surface area contributed by atoms with Gasteiger partial charge in [-0.1, -0.05) is 18.3 Å². The molecule has 0 amide bonds. The molecule has 1 saturated carbocycles. The van der Waals surface area contributed by atoms with Crippen molar-refractivity contribution in [1.29, 1.82) is 0 Å². The molecule has 0 saturated heterocycles. The molecule has 2 aliphatic carbocycles. The Balaban J connectivity index is 1.62. The number of nitrogens with one attached hydrogen (secondary N) is 1. The molecular weight excluding hydrogens is 348 g/mol. The number of anilines is 1. The molecule has 5 rings (SSSR count). The summed E-state index contributed by atoms with van der Waals surface area (Å²) >= 11 is 0. The van der Waals surface area contributed by atoms with Crippen LogP contribution in [0.4, 0.5) is 5.95 Å². The van der Waals surface area contributed by atoms with E-state index in [9.17, 15) is 5.11 Å². The van der Waals surface area contributed by atoms with Crippen LogP contribution in [0.2, 0.25) is 0 Å². The predicted molar refractivity (Wildman–Crippen MR) is 111 cm³/mol. The topological polar surface area (TPSA) is 87.8 Å². The van der Waals surface area contributed by atoms with Crippen molar-refractivity contribution in [1.82, 2.24) is 15.0 Å². The van der Waals surface area contributed by atoms with Crippen LogP contribution in [-0.4, -0.2) is 25.7 Å². The van der Waals surface area contributed by atoms with Crippen molar-refractivity contribution < 1.29 is 5.11 Å². The second-order valence-corrected chi connectivity index (χ2v) is 8.04. The Morgan fingerprint density at radius 1 is 1.11 bits per heavy atom. The highest BCUT2D eigenvalue weighted by Gasteiger charge is 2.26. The molecule has 0 spiro atoms. The number of H-pyrrole nitrogens is 1. The van der Waals surface area contributed by atoms with Gasteiger partial charge in [-0.2, -0.15) is 0 Å². The maximum atomic E-state index is 10.7. The monoisotopic (exact) mass is 372 g/mol. The zero-order chi connectivity index (χ0) is 19.1. The lowest BCUT2D eigenvalue weighted by atomic mass is 9.85. The highest BCUT2D eigenvalue weighted by Crippen LogP contribution is 2.37. The van der Waals surface area contributed by atoms with Gasteiger partial charge in [0.2, 0.25) is 5.95 Å². The minimum Gasteiger partial charge on any atom is -0.378 e. The Labute approximate surface area is 164 Å². The van der Waals surface area contributed by atoms with Crippen LogP contribution < -0.4 is 5.73 Å². The first-order valence-electron chi connectivity index (χ1n) is 10.1. The number of hydrogen-bond acceptors (Lipinski definition) is 4. The van der Waals surface area contributed by atoms with Crippen LogP contribution >= 0.6 is 0 Å².